The highest BCUT2D eigenvalue weighted by atomic mass is 16.7. The van der Waals surface area contributed by atoms with Gasteiger partial charge in [0.15, 0.2) is 5.78 Å². The smallest absolute Gasteiger partial charge is 0.450 e. The Labute approximate surface area is 101 Å². The normalized spacial score (nSPS) is 9.88. The zero-order chi connectivity index (χ0) is 13.5. The molecule has 0 aromatic heterocycles. The van der Waals surface area contributed by atoms with Gasteiger partial charge in [-0.25, -0.2) is 4.79 Å². The Hall–Kier alpha value is -1.84. The van der Waals surface area contributed by atoms with E-state index in [0.717, 1.165) is 5.56 Å². The van der Waals surface area contributed by atoms with Crippen molar-refractivity contribution in [3.05, 3.63) is 35.9 Å². The fourth-order valence-electron chi connectivity index (χ4n) is 0.935. The number of carbonyl (C=O) groups is 2. The molecule has 0 fully saturated rings. The molecule has 4 nitrogen and oxygen atoms in total. The van der Waals surface area contributed by atoms with Crippen molar-refractivity contribution in [1.82, 2.24) is 0 Å². The maximum Gasteiger partial charge on any atom is 0.506 e. The maximum absolute atomic E-state index is 10.6. The second-order valence-electron chi connectivity index (χ2n) is 4.40. The quantitative estimate of drug-likeness (QED) is 0.601. The Morgan fingerprint density at radius 3 is 1.76 bits per heavy atom. The number of hydrogen-bond donors (Lipinski definition) is 1. The van der Waals surface area contributed by atoms with Crippen LogP contribution in [0.15, 0.2) is 30.3 Å². The molecule has 0 aliphatic heterocycles. The molecule has 0 radical (unpaired) electrons. The monoisotopic (exact) mass is 238 g/mol. The first kappa shape index (κ1) is 15.2. The third-order valence-electron chi connectivity index (χ3n) is 1.57. The summed E-state index contributed by atoms with van der Waals surface area (Å²) in [6, 6.07) is 9.23. The Morgan fingerprint density at radius 2 is 1.59 bits per heavy atom. The van der Waals surface area contributed by atoms with Crippen molar-refractivity contribution in [3.63, 3.8) is 0 Å². The molecule has 94 valence electrons. The third-order valence-corrected chi connectivity index (χ3v) is 1.57. The third kappa shape index (κ3) is 9.11. The first-order valence-corrected chi connectivity index (χ1v) is 5.20. The summed E-state index contributed by atoms with van der Waals surface area (Å²) < 4.78 is 4.35. The van der Waals surface area contributed by atoms with Crippen molar-refractivity contribution in [2.75, 3.05) is 0 Å². The molecule has 17 heavy (non-hydrogen) atoms. The van der Waals surface area contributed by atoms with Gasteiger partial charge in [-0.1, -0.05) is 30.3 Å². The fourth-order valence-corrected chi connectivity index (χ4v) is 0.935. The van der Waals surface area contributed by atoms with Crippen molar-refractivity contribution in [3.8, 4) is 0 Å². The molecule has 0 spiro atoms. The number of ether oxygens (including phenoxy) is 1. The highest BCUT2D eigenvalue weighted by Gasteiger charge is 2.13. The number of Topliss-reactive ketones (excluding diaryl/α,β-unsaturated/α-hetero) is 1. The van der Waals surface area contributed by atoms with Crippen LogP contribution in [-0.4, -0.2) is 22.6 Å². The van der Waals surface area contributed by atoms with Gasteiger partial charge in [0.05, 0.1) is 0 Å². The van der Waals surface area contributed by atoms with Gasteiger partial charge in [0.1, 0.15) is 5.60 Å². The lowest BCUT2D eigenvalue weighted by molar-refractivity contribution is 0.0150. The average molecular weight is 238 g/mol. The lowest BCUT2D eigenvalue weighted by atomic mass is 10.2. The summed E-state index contributed by atoms with van der Waals surface area (Å²) in [5.74, 6) is 0.121. The van der Waals surface area contributed by atoms with Gasteiger partial charge in [0.25, 0.3) is 0 Å². The zero-order valence-corrected chi connectivity index (χ0v) is 10.6. The standard InChI is InChI=1S/C8H8O.C5H10O3/c1-7(9)8-5-3-2-4-6-8;1-5(2,3)8-4(6)7/h2-6H,1H3;1-3H3,(H,6,7). The molecule has 1 aromatic rings. The number of carbonyl (C=O) groups excluding carboxylic acids is 1. The van der Waals surface area contributed by atoms with Crippen LogP contribution in [-0.2, 0) is 4.74 Å². The van der Waals surface area contributed by atoms with Gasteiger partial charge in [0.2, 0.25) is 0 Å². The lowest BCUT2D eigenvalue weighted by Crippen LogP contribution is -2.22. The van der Waals surface area contributed by atoms with Crippen LogP contribution in [0.3, 0.4) is 0 Å². The van der Waals surface area contributed by atoms with Crippen molar-refractivity contribution in [2.24, 2.45) is 0 Å². The summed E-state index contributed by atoms with van der Waals surface area (Å²) in [6.45, 7) is 6.61. The van der Waals surface area contributed by atoms with Gasteiger partial charge >= 0.3 is 6.16 Å². The molecular formula is C13H18O4. The minimum Gasteiger partial charge on any atom is -0.450 e. The van der Waals surface area contributed by atoms with E-state index in [9.17, 15) is 9.59 Å². The Balaban J connectivity index is 0.000000304. The number of hydrogen-bond acceptors (Lipinski definition) is 3. The van der Waals surface area contributed by atoms with Gasteiger partial charge in [-0.15, -0.1) is 0 Å². The topological polar surface area (TPSA) is 63.6 Å². The first-order chi connectivity index (χ1) is 7.72. The highest BCUT2D eigenvalue weighted by Crippen LogP contribution is 2.05. The summed E-state index contributed by atoms with van der Waals surface area (Å²) >= 11 is 0. The van der Waals surface area contributed by atoms with Crippen LogP contribution in [0.25, 0.3) is 0 Å². The van der Waals surface area contributed by atoms with Crippen molar-refractivity contribution in [2.45, 2.75) is 33.3 Å². The molecular weight excluding hydrogens is 220 g/mol. The minimum absolute atomic E-state index is 0.121. The van der Waals surface area contributed by atoms with E-state index in [0.29, 0.717) is 0 Å². The second kappa shape index (κ2) is 6.68. The molecule has 0 aliphatic rings. The van der Waals surface area contributed by atoms with Crippen molar-refractivity contribution >= 4 is 11.9 Å². The Kier molecular flexibility index (Phi) is 5.96. The molecule has 0 bridgehead atoms. The molecule has 0 unspecified atom stereocenters. The molecule has 0 aliphatic carbocycles. The lowest BCUT2D eigenvalue weighted by Gasteiger charge is -2.15. The fraction of sp³-hybridized carbons (Fsp3) is 0.385. The molecule has 0 heterocycles. The van der Waals surface area contributed by atoms with Crippen LogP contribution < -0.4 is 0 Å². The van der Waals surface area contributed by atoms with Crippen LogP contribution >= 0.6 is 0 Å². The molecule has 0 saturated carbocycles. The van der Waals surface area contributed by atoms with E-state index in [-0.39, 0.29) is 5.78 Å². The van der Waals surface area contributed by atoms with E-state index < -0.39 is 11.8 Å². The van der Waals surface area contributed by atoms with Gasteiger partial charge in [-0.2, -0.15) is 0 Å². The highest BCUT2D eigenvalue weighted by molar-refractivity contribution is 5.93. The molecule has 1 rings (SSSR count). The van der Waals surface area contributed by atoms with Crippen molar-refractivity contribution < 1.29 is 19.4 Å². The van der Waals surface area contributed by atoms with E-state index in [2.05, 4.69) is 4.74 Å². The summed E-state index contributed by atoms with van der Waals surface area (Å²) in [4.78, 5) is 20.4. The van der Waals surface area contributed by atoms with E-state index in [1.165, 1.54) is 0 Å². The SMILES string of the molecule is CC(=O)c1ccccc1.CC(C)(C)OC(=O)O. The summed E-state index contributed by atoms with van der Waals surface area (Å²) in [5.41, 5.74) is 0.198. The van der Waals surface area contributed by atoms with Gasteiger partial charge < -0.3 is 9.84 Å². The largest absolute Gasteiger partial charge is 0.506 e. The summed E-state index contributed by atoms with van der Waals surface area (Å²) in [7, 11) is 0. The average Bonchev–Trinajstić information content (AvgIpc) is 2.16. The van der Waals surface area contributed by atoms with E-state index in [1.54, 1.807) is 27.7 Å². The predicted octanol–water partition coefficient (Wildman–Crippen LogP) is 3.37. The number of rotatable bonds is 1. The van der Waals surface area contributed by atoms with Crippen LogP contribution in [0, 0.1) is 0 Å². The zero-order valence-electron chi connectivity index (χ0n) is 10.6. The molecule has 0 saturated heterocycles. The predicted molar refractivity (Wildman–Crippen MR) is 65.3 cm³/mol. The Bertz CT molecular complexity index is 363. The summed E-state index contributed by atoms with van der Waals surface area (Å²) in [6.07, 6.45) is -1.22. The second-order valence-corrected chi connectivity index (χ2v) is 4.40. The molecule has 0 amide bonds. The van der Waals surface area contributed by atoms with Crippen LogP contribution in [0.4, 0.5) is 4.79 Å². The van der Waals surface area contributed by atoms with Gasteiger partial charge in [-0.3, -0.25) is 4.79 Å². The van der Waals surface area contributed by atoms with Crippen LogP contribution in [0.5, 0.6) is 0 Å². The number of carboxylic acid groups (broad SMARTS) is 1. The first-order valence-electron chi connectivity index (χ1n) is 5.20. The number of ketones is 1. The molecule has 1 N–H and O–H groups in total. The van der Waals surface area contributed by atoms with E-state index in [4.69, 9.17) is 5.11 Å². The van der Waals surface area contributed by atoms with Gasteiger partial charge in [-0.05, 0) is 27.7 Å². The van der Waals surface area contributed by atoms with E-state index in [1.807, 2.05) is 30.3 Å². The molecule has 1 aromatic carbocycles. The van der Waals surface area contributed by atoms with Crippen LogP contribution in [0.2, 0.25) is 0 Å². The maximum atomic E-state index is 10.6. The van der Waals surface area contributed by atoms with Gasteiger partial charge in [0, 0.05) is 5.56 Å². The Morgan fingerprint density at radius 1 is 1.12 bits per heavy atom. The molecule has 4 heteroatoms. The minimum atomic E-state index is -1.22. The number of benzene rings is 1. The summed E-state index contributed by atoms with van der Waals surface area (Å²) in [5, 5.41) is 8.03. The van der Waals surface area contributed by atoms with E-state index >= 15 is 0 Å². The van der Waals surface area contributed by atoms with Crippen LogP contribution in [0.1, 0.15) is 38.1 Å². The molecule has 0 atom stereocenters. The van der Waals surface area contributed by atoms with Crippen molar-refractivity contribution in [1.29, 1.82) is 0 Å².